The zero-order valence-electron chi connectivity index (χ0n) is 20.1. The maximum atomic E-state index is 13.3. The lowest BCUT2D eigenvalue weighted by Crippen LogP contribution is -2.51. The SMILES string of the molecule is CN(C)CCNC(=O)C(=O)NC[C@@H](c1ccc2c(c1)OCO2)N1CCN(c2ccc(F)cc2)CC1. The lowest BCUT2D eigenvalue weighted by molar-refractivity contribution is -0.139. The van der Waals surface area contributed by atoms with Crippen molar-refractivity contribution in [3.63, 3.8) is 0 Å². The summed E-state index contributed by atoms with van der Waals surface area (Å²) in [6, 6.07) is 12.1. The third kappa shape index (κ3) is 6.40. The van der Waals surface area contributed by atoms with Crippen LogP contribution in [-0.2, 0) is 9.59 Å². The Labute approximate surface area is 204 Å². The highest BCUT2D eigenvalue weighted by Gasteiger charge is 2.28. The zero-order chi connectivity index (χ0) is 24.8. The summed E-state index contributed by atoms with van der Waals surface area (Å²) in [5, 5.41) is 5.44. The molecule has 0 spiro atoms. The van der Waals surface area contributed by atoms with E-state index in [1.807, 2.05) is 37.2 Å². The number of nitrogens with one attached hydrogen (secondary N) is 2. The fourth-order valence-electron chi connectivity index (χ4n) is 4.26. The number of ether oxygens (including phenoxy) is 2. The van der Waals surface area contributed by atoms with Gasteiger partial charge in [0, 0.05) is 51.5 Å². The monoisotopic (exact) mass is 485 g/mol. The zero-order valence-corrected chi connectivity index (χ0v) is 20.1. The highest BCUT2D eigenvalue weighted by molar-refractivity contribution is 6.35. The predicted octanol–water partition coefficient (Wildman–Crippen LogP) is 1.21. The molecule has 0 bridgehead atoms. The maximum absolute atomic E-state index is 13.3. The molecule has 188 valence electrons. The highest BCUT2D eigenvalue weighted by Crippen LogP contribution is 2.35. The summed E-state index contributed by atoms with van der Waals surface area (Å²) < 4.78 is 24.3. The minimum absolute atomic E-state index is 0.154. The third-order valence-electron chi connectivity index (χ3n) is 6.23. The Balaban J connectivity index is 1.42. The molecule has 35 heavy (non-hydrogen) atoms. The molecular weight excluding hydrogens is 453 g/mol. The van der Waals surface area contributed by atoms with Crippen LogP contribution in [0.15, 0.2) is 42.5 Å². The van der Waals surface area contributed by atoms with Crippen LogP contribution < -0.4 is 25.0 Å². The Bertz CT molecular complexity index is 1030. The Kier molecular flexibility index (Phi) is 8.04. The van der Waals surface area contributed by atoms with Crippen molar-refractivity contribution in [2.24, 2.45) is 0 Å². The third-order valence-corrected chi connectivity index (χ3v) is 6.23. The summed E-state index contributed by atoms with van der Waals surface area (Å²) >= 11 is 0. The summed E-state index contributed by atoms with van der Waals surface area (Å²) in [6.07, 6.45) is 0. The van der Waals surface area contributed by atoms with E-state index in [1.54, 1.807) is 12.1 Å². The summed E-state index contributed by atoms with van der Waals surface area (Å²) in [5.41, 5.74) is 1.95. The van der Waals surface area contributed by atoms with Gasteiger partial charge < -0.3 is 29.9 Å². The number of piperazine rings is 1. The molecule has 2 aromatic rings. The molecule has 0 aliphatic carbocycles. The number of hydrogen-bond acceptors (Lipinski definition) is 7. The van der Waals surface area contributed by atoms with Crippen molar-refractivity contribution in [2.75, 3.05) is 71.6 Å². The molecule has 2 aliphatic heterocycles. The van der Waals surface area contributed by atoms with Crippen molar-refractivity contribution in [3.8, 4) is 11.5 Å². The first kappa shape index (κ1) is 24.7. The molecule has 0 aromatic heterocycles. The van der Waals surface area contributed by atoms with Crippen LogP contribution >= 0.6 is 0 Å². The van der Waals surface area contributed by atoms with Gasteiger partial charge in [0.05, 0.1) is 6.04 Å². The van der Waals surface area contributed by atoms with Gasteiger partial charge in [-0.1, -0.05) is 6.07 Å². The van der Waals surface area contributed by atoms with Crippen LogP contribution in [0.25, 0.3) is 0 Å². The average Bonchev–Trinajstić information content (AvgIpc) is 3.33. The van der Waals surface area contributed by atoms with Gasteiger partial charge in [-0.2, -0.15) is 0 Å². The van der Waals surface area contributed by atoms with Gasteiger partial charge in [0.25, 0.3) is 0 Å². The Morgan fingerprint density at radius 2 is 1.66 bits per heavy atom. The standard InChI is InChI=1S/C25H32FN5O4/c1-29(2)10-9-27-24(32)25(33)28-16-21(18-3-8-22-23(15-18)35-17-34-22)31-13-11-30(12-14-31)20-6-4-19(26)5-7-20/h3-8,15,21H,9-14,16-17H2,1-2H3,(H,27,32)(H,28,33)/t21-/m0/s1. The molecule has 4 rings (SSSR count). The lowest BCUT2D eigenvalue weighted by Gasteiger charge is -2.40. The Hall–Kier alpha value is -3.37. The van der Waals surface area contributed by atoms with Crippen molar-refractivity contribution in [3.05, 3.63) is 53.8 Å². The molecule has 9 nitrogen and oxygen atoms in total. The Morgan fingerprint density at radius 3 is 2.37 bits per heavy atom. The topological polar surface area (TPSA) is 86.4 Å². The van der Waals surface area contributed by atoms with Crippen molar-refractivity contribution >= 4 is 17.5 Å². The van der Waals surface area contributed by atoms with E-state index in [-0.39, 0.29) is 25.2 Å². The maximum Gasteiger partial charge on any atom is 0.309 e. The summed E-state index contributed by atoms with van der Waals surface area (Å²) in [4.78, 5) is 31.1. The second kappa shape index (κ2) is 11.4. The van der Waals surface area contributed by atoms with Gasteiger partial charge in [-0.05, 0) is 56.1 Å². The molecule has 0 unspecified atom stereocenters. The van der Waals surface area contributed by atoms with E-state index >= 15 is 0 Å². The fraction of sp³-hybridized carbons (Fsp3) is 0.440. The molecule has 2 aromatic carbocycles. The van der Waals surface area contributed by atoms with Gasteiger partial charge in [0.15, 0.2) is 11.5 Å². The molecular formula is C25H32FN5O4. The molecule has 2 aliphatic rings. The van der Waals surface area contributed by atoms with Gasteiger partial charge in [-0.15, -0.1) is 0 Å². The highest BCUT2D eigenvalue weighted by atomic mass is 19.1. The number of nitrogens with zero attached hydrogens (tertiary/aromatic N) is 3. The van der Waals surface area contributed by atoms with E-state index < -0.39 is 11.8 Å². The number of fused-ring (bicyclic) bond motifs is 1. The van der Waals surface area contributed by atoms with Crippen LogP contribution in [0.1, 0.15) is 11.6 Å². The van der Waals surface area contributed by atoms with Crippen LogP contribution in [0.4, 0.5) is 10.1 Å². The second-order valence-electron chi connectivity index (χ2n) is 8.90. The molecule has 2 heterocycles. The molecule has 0 radical (unpaired) electrons. The van der Waals surface area contributed by atoms with Gasteiger partial charge in [-0.3, -0.25) is 14.5 Å². The van der Waals surface area contributed by atoms with Crippen LogP contribution in [0.2, 0.25) is 0 Å². The van der Waals surface area contributed by atoms with E-state index in [9.17, 15) is 14.0 Å². The average molecular weight is 486 g/mol. The largest absolute Gasteiger partial charge is 0.454 e. The molecule has 2 N–H and O–H groups in total. The summed E-state index contributed by atoms with van der Waals surface area (Å²) in [5.74, 6) is -0.184. The molecule has 1 saturated heterocycles. The molecule has 1 atom stereocenters. The molecule has 10 heteroatoms. The smallest absolute Gasteiger partial charge is 0.309 e. The predicted molar refractivity (Wildman–Crippen MR) is 130 cm³/mol. The molecule has 2 amide bonds. The summed E-state index contributed by atoms with van der Waals surface area (Å²) in [7, 11) is 3.80. The lowest BCUT2D eigenvalue weighted by atomic mass is 10.0. The normalized spacial score (nSPS) is 16.3. The number of amides is 2. The number of carbonyl (C=O) groups is 2. The molecule has 0 saturated carbocycles. The van der Waals surface area contributed by atoms with Crippen molar-refractivity contribution in [1.29, 1.82) is 0 Å². The first-order valence-corrected chi connectivity index (χ1v) is 11.8. The minimum atomic E-state index is -0.653. The van der Waals surface area contributed by atoms with E-state index in [0.29, 0.717) is 24.6 Å². The number of carbonyl (C=O) groups excluding carboxylic acids is 2. The van der Waals surface area contributed by atoms with Gasteiger partial charge in [0.2, 0.25) is 6.79 Å². The summed E-state index contributed by atoms with van der Waals surface area (Å²) in [6.45, 7) is 4.49. The van der Waals surface area contributed by atoms with Crippen molar-refractivity contribution in [1.82, 2.24) is 20.4 Å². The number of rotatable bonds is 8. The number of anilines is 1. The van der Waals surface area contributed by atoms with Crippen LogP contribution in [0, 0.1) is 5.82 Å². The van der Waals surface area contributed by atoms with Crippen LogP contribution in [0.3, 0.4) is 0 Å². The van der Waals surface area contributed by atoms with E-state index in [1.165, 1.54) is 12.1 Å². The van der Waals surface area contributed by atoms with Crippen LogP contribution in [-0.4, -0.2) is 88.3 Å². The minimum Gasteiger partial charge on any atom is -0.454 e. The molecule has 1 fully saturated rings. The van der Waals surface area contributed by atoms with E-state index in [4.69, 9.17) is 9.47 Å². The van der Waals surface area contributed by atoms with Crippen molar-refractivity contribution < 1.29 is 23.5 Å². The van der Waals surface area contributed by atoms with Crippen LogP contribution in [0.5, 0.6) is 11.5 Å². The first-order chi connectivity index (χ1) is 16.9. The second-order valence-corrected chi connectivity index (χ2v) is 8.90. The van der Waals surface area contributed by atoms with Crippen molar-refractivity contribution in [2.45, 2.75) is 6.04 Å². The van der Waals surface area contributed by atoms with Gasteiger partial charge in [-0.25, -0.2) is 4.39 Å². The number of likely N-dealkylation sites (N-methyl/N-ethyl adjacent to an activating group) is 1. The Morgan fingerprint density at radius 1 is 0.971 bits per heavy atom. The van der Waals surface area contributed by atoms with E-state index in [0.717, 1.165) is 37.4 Å². The van der Waals surface area contributed by atoms with Gasteiger partial charge in [0.1, 0.15) is 5.82 Å². The number of benzene rings is 2. The van der Waals surface area contributed by atoms with Gasteiger partial charge >= 0.3 is 11.8 Å². The first-order valence-electron chi connectivity index (χ1n) is 11.8. The quantitative estimate of drug-likeness (QED) is 0.544. The fourth-order valence-corrected chi connectivity index (χ4v) is 4.26. The number of hydrogen-bond donors (Lipinski definition) is 2. The number of halogens is 1. The van der Waals surface area contributed by atoms with E-state index in [2.05, 4.69) is 20.4 Å².